The van der Waals surface area contributed by atoms with E-state index in [4.69, 9.17) is 0 Å². The molecule has 0 unspecified atom stereocenters. The Morgan fingerprint density at radius 2 is 1.52 bits per heavy atom. The van der Waals surface area contributed by atoms with E-state index in [1.165, 1.54) is 6.08 Å². The molecule has 0 amide bonds. The van der Waals surface area contributed by atoms with E-state index < -0.39 is 15.6 Å². The van der Waals surface area contributed by atoms with Gasteiger partial charge in [-0.05, 0) is 18.6 Å². The number of allylic oxidation sites excluding steroid dienone is 1. The van der Waals surface area contributed by atoms with Crippen LogP contribution >= 0.6 is 0 Å². The van der Waals surface area contributed by atoms with Crippen molar-refractivity contribution in [2.45, 2.75) is 6.92 Å². The normalized spacial score (nSPS) is 12.2. The predicted octanol–water partition coefficient (Wildman–Crippen LogP) is 3.26. The van der Waals surface area contributed by atoms with Crippen molar-refractivity contribution in [1.29, 1.82) is 0 Å². The first-order valence-electron chi connectivity index (χ1n) is 6.46. The highest BCUT2D eigenvalue weighted by Crippen LogP contribution is 2.18. The van der Waals surface area contributed by atoms with Gasteiger partial charge in [0.2, 0.25) is 5.78 Å². The first kappa shape index (κ1) is 15.2. The monoisotopic (exact) mass is 300 g/mol. The molecular weight excluding hydrogens is 284 g/mol. The molecule has 0 aliphatic rings. The van der Waals surface area contributed by atoms with Crippen LogP contribution < -0.4 is 0 Å². The Morgan fingerprint density at radius 1 is 0.952 bits per heavy atom. The number of hydrogen-bond acceptors (Lipinski definition) is 3. The SMILES string of the molecule is Cc1ccc(/C=C(/C(=O)c2ccccc2)S(C)(=O)=O)cc1. The van der Waals surface area contributed by atoms with Crippen LogP contribution in [0.5, 0.6) is 0 Å². The maximum atomic E-state index is 12.4. The first-order valence-corrected chi connectivity index (χ1v) is 8.35. The summed E-state index contributed by atoms with van der Waals surface area (Å²) < 4.78 is 23.9. The van der Waals surface area contributed by atoms with Gasteiger partial charge >= 0.3 is 0 Å². The zero-order valence-electron chi connectivity index (χ0n) is 11.9. The highest BCUT2D eigenvalue weighted by atomic mass is 32.2. The minimum Gasteiger partial charge on any atom is -0.288 e. The van der Waals surface area contributed by atoms with Gasteiger partial charge in [0.05, 0.1) is 0 Å². The van der Waals surface area contributed by atoms with Gasteiger partial charge in [-0.3, -0.25) is 4.79 Å². The molecule has 0 fully saturated rings. The Balaban J connectivity index is 2.50. The van der Waals surface area contributed by atoms with Crippen molar-refractivity contribution in [3.05, 3.63) is 76.2 Å². The van der Waals surface area contributed by atoms with Gasteiger partial charge < -0.3 is 0 Å². The lowest BCUT2D eigenvalue weighted by Crippen LogP contribution is -2.12. The van der Waals surface area contributed by atoms with E-state index in [1.807, 2.05) is 19.1 Å². The molecule has 4 heteroatoms. The largest absolute Gasteiger partial charge is 0.288 e. The van der Waals surface area contributed by atoms with Gasteiger partial charge in [-0.15, -0.1) is 0 Å². The highest BCUT2D eigenvalue weighted by molar-refractivity contribution is 7.95. The molecule has 21 heavy (non-hydrogen) atoms. The fourth-order valence-corrected chi connectivity index (χ4v) is 2.69. The Bertz CT molecular complexity index is 771. The second kappa shape index (κ2) is 6.06. The molecule has 0 N–H and O–H groups in total. The summed E-state index contributed by atoms with van der Waals surface area (Å²) in [5, 5.41) is 0. The average molecular weight is 300 g/mol. The molecule has 0 bridgehead atoms. The van der Waals surface area contributed by atoms with Gasteiger partial charge in [0, 0.05) is 11.8 Å². The number of rotatable bonds is 4. The summed E-state index contributed by atoms with van der Waals surface area (Å²) in [4.78, 5) is 12.2. The average Bonchev–Trinajstić information content (AvgIpc) is 2.45. The molecule has 0 aliphatic carbocycles. The Kier molecular flexibility index (Phi) is 4.38. The zero-order chi connectivity index (χ0) is 15.5. The van der Waals surface area contributed by atoms with E-state index in [1.54, 1.807) is 42.5 Å². The number of carbonyl (C=O) groups excluding carboxylic acids is 1. The number of Topliss-reactive ketones (excluding diaryl/α,β-unsaturated/α-hetero) is 1. The molecule has 2 aromatic rings. The van der Waals surface area contributed by atoms with Crippen LogP contribution in [0, 0.1) is 6.92 Å². The Hall–Kier alpha value is -2.20. The van der Waals surface area contributed by atoms with E-state index in [9.17, 15) is 13.2 Å². The molecular formula is C17H16O3S. The molecule has 3 nitrogen and oxygen atoms in total. The lowest BCUT2D eigenvalue weighted by atomic mass is 10.1. The van der Waals surface area contributed by atoms with Crippen LogP contribution in [0.1, 0.15) is 21.5 Å². The maximum Gasteiger partial charge on any atom is 0.204 e. The van der Waals surface area contributed by atoms with Crippen molar-refractivity contribution in [3.63, 3.8) is 0 Å². The number of ketones is 1. The summed E-state index contributed by atoms with van der Waals surface area (Å²) in [6.45, 7) is 1.94. The molecule has 108 valence electrons. The van der Waals surface area contributed by atoms with Crippen molar-refractivity contribution in [2.24, 2.45) is 0 Å². The van der Waals surface area contributed by atoms with Crippen molar-refractivity contribution in [2.75, 3.05) is 6.26 Å². The second-order valence-corrected chi connectivity index (χ2v) is 6.87. The van der Waals surface area contributed by atoms with E-state index in [0.717, 1.165) is 11.8 Å². The number of benzene rings is 2. The van der Waals surface area contributed by atoms with Gasteiger partial charge in [0.15, 0.2) is 9.84 Å². The van der Waals surface area contributed by atoms with Crippen molar-refractivity contribution in [3.8, 4) is 0 Å². The fraction of sp³-hybridized carbons (Fsp3) is 0.118. The molecule has 0 saturated carbocycles. The molecule has 0 radical (unpaired) electrons. The molecule has 0 heterocycles. The van der Waals surface area contributed by atoms with Crippen LogP contribution in [0.3, 0.4) is 0 Å². The molecule has 0 aromatic heterocycles. The second-order valence-electron chi connectivity index (χ2n) is 4.89. The Labute approximate surface area is 124 Å². The zero-order valence-corrected chi connectivity index (χ0v) is 12.7. The third kappa shape index (κ3) is 3.89. The fourth-order valence-electron chi connectivity index (χ4n) is 1.89. The molecule has 0 spiro atoms. The van der Waals surface area contributed by atoms with Crippen LogP contribution in [-0.4, -0.2) is 20.5 Å². The van der Waals surface area contributed by atoms with Crippen molar-refractivity contribution in [1.82, 2.24) is 0 Å². The highest BCUT2D eigenvalue weighted by Gasteiger charge is 2.21. The van der Waals surface area contributed by atoms with E-state index >= 15 is 0 Å². The summed E-state index contributed by atoms with van der Waals surface area (Å²) in [7, 11) is -3.61. The quantitative estimate of drug-likeness (QED) is 0.643. The number of aryl methyl sites for hydroxylation is 1. The van der Waals surface area contributed by atoms with Crippen LogP contribution in [0.15, 0.2) is 59.5 Å². The molecule has 2 aromatic carbocycles. The third-order valence-corrected chi connectivity index (χ3v) is 4.14. The first-order chi connectivity index (χ1) is 9.88. The Morgan fingerprint density at radius 3 is 2.05 bits per heavy atom. The standard InChI is InChI=1S/C17H16O3S/c1-13-8-10-14(11-9-13)12-16(21(2,19)20)17(18)15-6-4-3-5-7-15/h3-12H,1-2H3/b16-12-. The van der Waals surface area contributed by atoms with Gasteiger partial charge in [-0.1, -0.05) is 60.2 Å². The van der Waals surface area contributed by atoms with Crippen molar-refractivity contribution < 1.29 is 13.2 Å². The summed E-state index contributed by atoms with van der Waals surface area (Å²) in [5.74, 6) is -0.487. The topological polar surface area (TPSA) is 51.2 Å². The molecule has 0 saturated heterocycles. The van der Waals surface area contributed by atoms with Crippen LogP contribution in [0.25, 0.3) is 6.08 Å². The lowest BCUT2D eigenvalue weighted by Gasteiger charge is -2.05. The van der Waals surface area contributed by atoms with Crippen molar-refractivity contribution >= 4 is 21.7 Å². The molecule has 2 rings (SSSR count). The third-order valence-electron chi connectivity index (χ3n) is 3.03. The lowest BCUT2D eigenvalue weighted by molar-refractivity contribution is 0.104. The summed E-state index contributed by atoms with van der Waals surface area (Å²) in [6.07, 6.45) is 2.47. The number of hydrogen-bond donors (Lipinski definition) is 0. The van der Waals surface area contributed by atoms with Crippen LogP contribution in [0.4, 0.5) is 0 Å². The minimum atomic E-state index is -3.61. The van der Waals surface area contributed by atoms with Gasteiger partial charge in [0.25, 0.3) is 0 Å². The van der Waals surface area contributed by atoms with E-state index in [-0.39, 0.29) is 4.91 Å². The predicted molar refractivity (Wildman–Crippen MR) is 84.8 cm³/mol. The number of carbonyl (C=O) groups is 1. The maximum absolute atomic E-state index is 12.4. The molecule has 0 aliphatic heterocycles. The smallest absolute Gasteiger partial charge is 0.204 e. The summed E-state index contributed by atoms with van der Waals surface area (Å²) in [6, 6.07) is 15.7. The van der Waals surface area contributed by atoms with E-state index in [0.29, 0.717) is 11.1 Å². The van der Waals surface area contributed by atoms with Gasteiger partial charge in [0.1, 0.15) is 4.91 Å². The number of sulfone groups is 1. The van der Waals surface area contributed by atoms with Crippen LogP contribution in [-0.2, 0) is 9.84 Å². The summed E-state index contributed by atoms with van der Waals surface area (Å²) >= 11 is 0. The van der Waals surface area contributed by atoms with Crippen LogP contribution in [0.2, 0.25) is 0 Å². The van der Waals surface area contributed by atoms with Gasteiger partial charge in [-0.25, -0.2) is 8.42 Å². The van der Waals surface area contributed by atoms with Gasteiger partial charge in [-0.2, -0.15) is 0 Å². The minimum absolute atomic E-state index is 0.197. The van der Waals surface area contributed by atoms with E-state index in [2.05, 4.69) is 0 Å². The molecule has 0 atom stereocenters. The summed E-state index contributed by atoms with van der Waals surface area (Å²) in [5.41, 5.74) is 2.12.